The summed E-state index contributed by atoms with van der Waals surface area (Å²) in [6.45, 7) is -7.23. The van der Waals surface area contributed by atoms with Crippen molar-refractivity contribution < 1.29 is 97.8 Å². The fourth-order valence-electron chi connectivity index (χ4n) is 2.23. The minimum absolute atomic E-state index is 0.0147. The van der Waals surface area contributed by atoms with Crippen LogP contribution in [0, 0.1) is 11.8 Å². The number of hydrogen-bond acceptors (Lipinski definition) is 20. The monoisotopic (exact) mass is 707 g/mol. The van der Waals surface area contributed by atoms with Crippen molar-refractivity contribution in [3.05, 3.63) is 0 Å². The zero-order valence-electron chi connectivity index (χ0n) is 21.1. The van der Waals surface area contributed by atoms with Crippen LogP contribution < -0.4 is 35.3 Å². The van der Waals surface area contributed by atoms with Crippen molar-refractivity contribution in [1.82, 2.24) is 10.9 Å². The molecule has 28 heteroatoms. The topological polar surface area (TPSA) is 339 Å². The first-order chi connectivity index (χ1) is 18.7. The van der Waals surface area contributed by atoms with Crippen LogP contribution in [0.25, 0.3) is 0 Å². The Bertz CT molecular complexity index is 907. The minimum atomic E-state index is -5.17. The molecule has 0 aromatic carbocycles. The van der Waals surface area contributed by atoms with E-state index in [4.69, 9.17) is 9.79 Å². The van der Waals surface area contributed by atoms with Crippen LogP contribution >= 0.6 is 39.1 Å². The first-order valence-electron chi connectivity index (χ1n) is 10.8. The van der Waals surface area contributed by atoms with Crippen LogP contribution in [0.15, 0.2) is 0 Å². The van der Waals surface area contributed by atoms with Crippen LogP contribution in [0.5, 0.6) is 0 Å². The smallest absolute Gasteiger partial charge is 0.268 e. The molecule has 0 rings (SSSR count). The zero-order chi connectivity index (χ0) is 31.8. The number of phosphoric ester groups is 5. The minimum Gasteiger partial charge on any atom is -0.756 e. The third-order valence-electron chi connectivity index (χ3n) is 3.91. The van der Waals surface area contributed by atoms with Gasteiger partial charge >= 0.3 is 0 Å². The van der Waals surface area contributed by atoms with E-state index < -0.39 is 110 Å². The molecule has 0 aromatic rings. The molecule has 7 unspecified atom stereocenters. The molecule has 0 aliphatic rings. The molecule has 0 aliphatic carbocycles. The molecule has 7 atom stereocenters. The molecule has 22 nitrogen and oxygen atoms in total. The lowest BCUT2D eigenvalue weighted by atomic mass is 10.2. The molecule has 0 aromatic heterocycles. The van der Waals surface area contributed by atoms with Crippen molar-refractivity contribution in [1.29, 1.82) is 0 Å². The van der Waals surface area contributed by atoms with E-state index in [-0.39, 0.29) is 6.54 Å². The highest BCUT2D eigenvalue weighted by molar-refractivity contribution is 7.46. The summed E-state index contributed by atoms with van der Waals surface area (Å²) >= 11 is 0. The number of halogens is 1. The molecular formula is C13H29FN2O20P5-5. The van der Waals surface area contributed by atoms with Gasteiger partial charge in [-0.1, -0.05) is 0 Å². The molecule has 0 spiro atoms. The number of phosphoric acid groups is 5. The molecule has 0 radical (unpaired) electrons. The second-order valence-electron chi connectivity index (χ2n) is 7.42. The van der Waals surface area contributed by atoms with Crippen molar-refractivity contribution in [3.63, 3.8) is 0 Å². The predicted molar refractivity (Wildman–Crippen MR) is 120 cm³/mol. The van der Waals surface area contributed by atoms with Crippen molar-refractivity contribution in [2.24, 2.45) is 11.8 Å². The molecule has 0 heterocycles. The first-order valence-corrected chi connectivity index (χ1v) is 18.2. The fraction of sp³-hybridized carbons (Fsp3) is 1.00. The van der Waals surface area contributed by atoms with E-state index in [0.29, 0.717) is 0 Å². The zero-order valence-corrected chi connectivity index (χ0v) is 25.6. The van der Waals surface area contributed by atoms with Gasteiger partial charge in [-0.25, -0.2) is 0 Å². The third-order valence-corrected chi connectivity index (χ3v) is 7.78. The average Bonchev–Trinajstić information content (AvgIpc) is 2.82. The van der Waals surface area contributed by atoms with Gasteiger partial charge in [0, 0.05) is 24.9 Å². The highest BCUT2D eigenvalue weighted by Gasteiger charge is 2.20. The van der Waals surface area contributed by atoms with Crippen LogP contribution in [0.2, 0.25) is 0 Å². The molecule has 41 heavy (non-hydrogen) atoms. The molecule has 248 valence electrons. The van der Waals surface area contributed by atoms with Crippen LogP contribution in [-0.2, 0) is 59.0 Å². The Balaban J connectivity index is 4.37. The Morgan fingerprint density at radius 1 is 0.585 bits per heavy atom. The second-order valence-corrected chi connectivity index (χ2v) is 14.0. The van der Waals surface area contributed by atoms with Gasteiger partial charge in [-0.05, 0) is 7.05 Å². The average molecular weight is 707 g/mol. The van der Waals surface area contributed by atoms with Gasteiger partial charge in [0.15, 0.2) is 0 Å². The summed E-state index contributed by atoms with van der Waals surface area (Å²) < 4.78 is 103. The SMILES string of the molecule is CNCC(COP(=O)([O-])O)COP(=O)([O-])OCCOP(=O)([O-])OCCOP(=O)([O-])OCC(CNF)COP(=O)([O-])O. The lowest BCUT2D eigenvalue weighted by Gasteiger charge is -2.28. The molecule has 0 bridgehead atoms. The summed E-state index contributed by atoms with van der Waals surface area (Å²) in [5, 5.41) is 2.60. The summed E-state index contributed by atoms with van der Waals surface area (Å²) in [5.74, 6) is -2.09. The maximum Gasteiger partial charge on any atom is 0.268 e. The predicted octanol–water partition coefficient (Wildman–Crippen LogP) is -3.63. The molecule has 0 aliphatic heterocycles. The summed E-state index contributed by atoms with van der Waals surface area (Å²) in [6, 6.07) is 0. The van der Waals surface area contributed by atoms with Crippen LogP contribution in [0.4, 0.5) is 4.48 Å². The maximum atomic E-state index is 12.3. The number of nitrogens with one attached hydrogen (secondary N) is 2. The van der Waals surface area contributed by atoms with Crippen molar-refractivity contribution in [3.8, 4) is 0 Å². The third kappa shape index (κ3) is 25.4. The quantitative estimate of drug-likeness (QED) is 0.0383. The van der Waals surface area contributed by atoms with Gasteiger partial charge in [0.25, 0.3) is 39.1 Å². The molecular weight excluding hydrogens is 678 g/mol. The first kappa shape index (κ1) is 41.4. The highest BCUT2D eigenvalue weighted by Crippen LogP contribution is 2.42. The van der Waals surface area contributed by atoms with E-state index in [1.165, 1.54) is 7.05 Å². The molecule has 0 amide bonds. The van der Waals surface area contributed by atoms with E-state index in [2.05, 4.69) is 41.5 Å². The van der Waals surface area contributed by atoms with E-state index in [9.17, 15) is 51.8 Å². The van der Waals surface area contributed by atoms with E-state index in [0.717, 1.165) is 5.54 Å². The molecule has 4 N–H and O–H groups in total. The van der Waals surface area contributed by atoms with Gasteiger partial charge in [0.05, 0.1) is 52.9 Å². The van der Waals surface area contributed by atoms with Gasteiger partial charge in [-0.3, -0.25) is 22.8 Å². The Kier molecular flexibility index (Phi) is 19.9. The normalized spacial score (nSPS) is 21.1. The second kappa shape index (κ2) is 19.7. The number of rotatable bonds is 26. The van der Waals surface area contributed by atoms with E-state index >= 15 is 0 Å². The summed E-state index contributed by atoms with van der Waals surface area (Å²) in [7, 11) is -24.0. The van der Waals surface area contributed by atoms with Gasteiger partial charge in [0.2, 0.25) is 0 Å². The summed E-state index contributed by atoms with van der Waals surface area (Å²) in [4.78, 5) is 73.4. The Labute approximate surface area is 233 Å². The Hall–Kier alpha value is 0.400. The van der Waals surface area contributed by atoms with Crippen molar-refractivity contribution in [2.75, 3.05) is 73.0 Å². The van der Waals surface area contributed by atoms with Gasteiger partial charge < -0.3 is 75.8 Å². The van der Waals surface area contributed by atoms with E-state index in [1.54, 1.807) is 0 Å². The number of hydrogen-bond donors (Lipinski definition) is 4. The largest absolute Gasteiger partial charge is 0.756 e. The Morgan fingerprint density at radius 3 is 1.17 bits per heavy atom. The van der Waals surface area contributed by atoms with Crippen molar-refractivity contribution >= 4 is 39.1 Å². The van der Waals surface area contributed by atoms with Crippen LogP contribution in [0.1, 0.15) is 0 Å². The van der Waals surface area contributed by atoms with Gasteiger partial charge in [0.1, 0.15) is 0 Å². The lowest BCUT2D eigenvalue weighted by Crippen LogP contribution is -2.28. The lowest BCUT2D eigenvalue weighted by molar-refractivity contribution is -0.236. The molecule has 0 fully saturated rings. The Morgan fingerprint density at radius 2 is 0.878 bits per heavy atom. The van der Waals surface area contributed by atoms with Crippen LogP contribution in [-0.4, -0.2) is 82.8 Å². The summed E-state index contributed by atoms with van der Waals surface area (Å²) in [5.41, 5.74) is 1.12. The van der Waals surface area contributed by atoms with Crippen LogP contribution in [0.3, 0.4) is 0 Å². The van der Waals surface area contributed by atoms with Crippen molar-refractivity contribution in [2.45, 2.75) is 0 Å². The van der Waals surface area contributed by atoms with Gasteiger partial charge in [-0.2, -0.15) is 5.54 Å². The molecule has 0 saturated carbocycles. The van der Waals surface area contributed by atoms with Gasteiger partial charge in [-0.15, -0.1) is 4.48 Å². The fourth-order valence-corrected chi connectivity index (χ4v) is 5.23. The van der Waals surface area contributed by atoms with E-state index in [1.807, 2.05) is 0 Å². The highest BCUT2D eigenvalue weighted by atomic mass is 31.2. The standard InChI is InChI=1S/C13H34FN2O20P5/c1-15-6-12(8-33-37(17,18)19)10-35-40(25,26)31-4-2-29-39(23,24)30-3-5-32-41(27,28)36-11-13(7-16-14)9-34-38(20,21)22/h12-13,15-16H,2-11H2,1H3,(H,23,24)(H,25,26)(H,27,28)(H2,17,18,19)(H2,20,21,22)/p-5. The summed E-state index contributed by atoms with van der Waals surface area (Å²) in [6.07, 6.45) is 0. The maximum absolute atomic E-state index is 12.3. The molecule has 0 saturated heterocycles.